The Morgan fingerprint density at radius 3 is 1.43 bits per heavy atom. The third kappa shape index (κ3) is 18.1. The fourth-order valence-corrected chi connectivity index (χ4v) is 3.21. The maximum atomic E-state index is 5.95. The van der Waals surface area contributed by atoms with Crippen molar-refractivity contribution in [3.05, 3.63) is 0 Å². The first kappa shape index (κ1) is 23.0. The van der Waals surface area contributed by atoms with Gasteiger partial charge in [0.05, 0.1) is 0 Å². The Kier molecular flexibility index (Phi) is 18.3. The first-order valence-electron chi connectivity index (χ1n) is 10.8. The van der Waals surface area contributed by atoms with Gasteiger partial charge in [0.25, 0.3) is 0 Å². The van der Waals surface area contributed by atoms with Crippen molar-refractivity contribution >= 4 is 0 Å². The van der Waals surface area contributed by atoms with E-state index in [9.17, 15) is 0 Å². The van der Waals surface area contributed by atoms with Crippen LogP contribution in [0.1, 0.15) is 118 Å². The van der Waals surface area contributed by atoms with Gasteiger partial charge in [0.15, 0.2) is 0 Å². The van der Waals surface area contributed by atoms with Gasteiger partial charge < -0.3 is 4.74 Å². The average molecular weight is 327 g/mol. The van der Waals surface area contributed by atoms with E-state index in [1.54, 1.807) is 0 Å². The van der Waals surface area contributed by atoms with Crippen LogP contribution >= 0.6 is 0 Å². The van der Waals surface area contributed by atoms with Crippen molar-refractivity contribution in [1.82, 2.24) is 0 Å². The van der Waals surface area contributed by atoms with E-state index >= 15 is 0 Å². The highest BCUT2D eigenvalue weighted by atomic mass is 16.5. The van der Waals surface area contributed by atoms with Crippen LogP contribution < -0.4 is 0 Å². The van der Waals surface area contributed by atoms with Crippen LogP contribution in [0, 0.1) is 11.8 Å². The zero-order valence-electron chi connectivity index (χ0n) is 16.9. The Bertz CT molecular complexity index is 196. The molecule has 0 heterocycles. The maximum Gasteiger partial charge on any atom is 0.0494 e. The largest absolute Gasteiger partial charge is 0.381 e. The highest BCUT2D eigenvalue weighted by molar-refractivity contribution is 4.61. The van der Waals surface area contributed by atoms with Crippen molar-refractivity contribution in [2.75, 3.05) is 13.2 Å². The Balaban J connectivity index is 3.75. The number of ether oxygens (including phenoxy) is 1. The predicted molar refractivity (Wildman–Crippen MR) is 105 cm³/mol. The molecule has 0 fully saturated rings. The molecule has 0 aliphatic carbocycles. The van der Waals surface area contributed by atoms with Gasteiger partial charge in [-0.3, -0.25) is 0 Å². The standard InChI is InChI=1S/C22H46O/c1-5-7-9-11-13-15-17-22(20-23-19-21(3)4)18-16-14-12-10-8-6-2/h21-22H,5-20H2,1-4H3. The zero-order chi connectivity index (χ0) is 17.2. The van der Waals surface area contributed by atoms with Gasteiger partial charge in [-0.15, -0.1) is 0 Å². The third-order valence-electron chi connectivity index (χ3n) is 4.74. The number of hydrogen-bond donors (Lipinski definition) is 0. The van der Waals surface area contributed by atoms with E-state index in [1.807, 2.05) is 0 Å². The van der Waals surface area contributed by atoms with E-state index in [-0.39, 0.29) is 0 Å². The van der Waals surface area contributed by atoms with Crippen molar-refractivity contribution < 1.29 is 4.74 Å². The van der Waals surface area contributed by atoms with Crippen LogP contribution in [-0.2, 0) is 4.74 Å². The normalized spacial score (nSPS) is 11.7. The first-order chi connectivity index (χ1) is 11.2. The molecule has 0 spiro atoms. The molecule has 0 aromatic heterocycles. The molecule has 0 saturated heterocycles. The molecule has 1 nitrogen and oxygen atoms in total. The summed E-state index contributed by atoms with van der Waals surface area (Å²) < 4.78 is 5.95. The maximum absolute atomic E-state index is 5.95. The lowest BCUT2D eigenvalue weighted by Crippen LogP contribution is -2.13. The monoisotopic (exact) mass is 326 g/mol. The number of unbranched alkanes of at least 4 members (excludes halogenated alkanes) is 10. The highest BCUT2D eigenvalue weighted by Crippen LogP contribution is 2.20. The van der Waals surface area contributed by atoms with E-state index in [2.05, 4.69) is 27.7 Å². The van der Waals surface area contributed by atoms with Crippen LogP contribution in [0.5, 0.6) is 0 Å². The fourth-order valence-electron chi connectivity index (χ4n) is 3.21. The molecule has 0 N–H and O–H groups in total. The zero-order valence-corrected chi connectivity index (χ0v) is 16.9. The minimum atomic E-state index is 0.665. The van der Waals surface area contributed by atoms with Crippen LogP contribution in [0.15, 0.2) is 0 Å². The summed E-state index contributed by atoms with van der Waals surface area (Å²) in [5.74, 6) is 1.48. The van der Waals surface area contributed by atoms with Crippen molar-refractivity contribution in [2.45, 2.75) is 118 Å². The van der Waals surface area contributed by atoms with Gasteiger partial charge >= 0.3 is 0 Å². The molecular weight excluding hydrogens is 280 g/mol. The van der Waals surface area contributed by atoms with Gasteiger partial charge in [-0.2, -0.15) is 0 Å². The Hall–Kier alpha value is -0.0400. The van der Waals surface area contributed by atoms with Crippen LogP contribution in [0.3, 0.4) is 0 Å². The van der Waals surface area contributed by atoms with E-state index < -0.39 is 0 Å². The van der Waals surface area contributed by atoms with Gasteiger partial charge in [0.1, 0.15) is 0 Å². The van der Waals surface area contributed by atoms with E-state index in [1.165, 1.54) is 89.9 Å². The van der Waals surface area contributed by atoms with Gasteiger partial charge in [0, 0.05) is 13.2 Å². The van der Waals surface area contributed by atoms with E-state index in [0.29, 0.717) is 5.92 Å². The lowest BCUT2D eigenvalue weighted by molar-refractivity contribution is 0.0725. The summed E-state index contributed by atoms with van der Waals surface area (Å²) in [5.41, 5.74) is 0. The molecule has 0 aromatic carbocycles. The summed E-state index contributed by atoms with van der Waals surface area (Å²) in [6, 6.07) is 0. The third-order valence-corrected chi connectivity index (χ3v) is 4.74. The van der Waals surface area contributed by atoms with Crippen molar-refractivity contribution in [2.24, 2.45) is 11.8 Å². The second-order valence-electron chi connectivity index (χ2n) is 7.91. The molecule has 0 bridgehead atoms. The Labute approximate surface area is 148 Å². The quantitative estimate of drug-likeness (QED) is 0.234. The molecule has 1 heteroatoms. The fraction of sp³-hybridized carbons (Fsp3) is 1.00. The highest BCUT2D eigenvalue weighted by Gasteiger charge is 2.09. The van der Waals surface area contributed by atoms with Crippen molar-refractivity contribution in [1.29, 1.82) is 0 Å². The van der Waals surface area contributed by atoms with E-state index in [4.69, 9.17) is 4.74 Å². The second-order valence-corrected chi connectivity index (χ2v) is 7.91. The minimum absolute atomic E-state index is 0.665. The lowest BCUT2D eigenvalue weighted by Gasteiger charge is -2.18. The molecule has 0 rings (SSSR count). The summed E-state index contributed by atoms with van der Waals surface area (Å²) in [6.45, 7) is 11.0. The molecule has 0 aliphatic heterocycles. The predicted octanol–water partition coefficient (Wildman–Crippen LogP) is 7.78. The molecule has 140 valence electrons. The molecule has 0 atom stereocenters. The van der Waals surface area contributed by atoms with Gasteiger partial charge in [-0.1, -0.05) is 105 Å². The van der Waals surface area contributed by atoms with Crippen molar-refractivity contribution in [3.63, 3.8) is 0 Å². The molecule has 0 amide bonds. The number of rotatable bonds is 18. The topological polar surface area (TPSA) is 9.23 Å². The second kappa shape index (κ2) is 18.3. The summed E-state index contributed by atoms with van der Waals surface area (Å²) in [6.07, 6.45) is 19.7. The Morgan fingerprint density at radius 2 is 1.00 bits per heavy atom. The van der Waals surface area contributed by atoms with E-state index in [0.717, 1.165) is 19.1 Å². The lowest BCUT2D eigenvalue weighted by atomic mass is 9.94. The molecule has 0 radical (unpaired) electrons. The SMILES string of the molecule is CCCCCCCCC(CCCCCCCC)COCC(C)C. The summed E-state index contributed by atoms with van der Waals surface area (Å²) in [5, 5.41) is 0. The molecule has 23 heavy (non-hydrogen) atoms. The Morgan fingerprint density at radius 1 is 0.565 bits per heavy atom. The first-order valence-corrected chi connectivity index (χ1v) is 10.8. The minimum Gasteiger partial charge on any atom is -0.381 e. The smallest absolute Gasteiger partial charge is 0.0494 e. The molecular formula is C22H46O. The summed E-state index contributed by atoms with van der Waals surface area (Å²) in [4.78, 5) is 0. The molecule has 0 aromatic rings. The van der Waals surface area contributed by atoms with Gasteiger partial charge in [0.2, 0.25) is 0 Å². The van der Waals surface area contributed by atoms with Gasteiger partial charge in [-0.25, -0.2) is 0 Å². The van der Waals surface area contributed by atoms with Gasteiger partial charge in [-0.05, 0) is 24.7 Å². The summed E-state index contributed by atoms with van der Waals surface area (Å²) >= 11 is 0. The summed E-state index contributed by atoms with van der Waals surface area (Å²) in [7, 11) is 0. The molecule has 0 saturated carbocycles. The van der Waals surface area contributed by atoms with Crippen molar-refractivity contribution in [3.8, 4) is 0 Å². The average Bonchev–Trinajstić information content (AvgIpc) is 2.53. The molecule has 0 aliphatic rings. The molecule has 0 unspecified atom stereocenters. The van der Waals surface area contributed by atoms with Crippen LogP contribution in [0.4, 0.5) is 0 Å². The van der Waals surface area contributed by atoms with Crippen LogP contribution in [-0.4, -0.2) is 13.2 Å². The number of hydrogen-bond acceptors (Lipinski definition) is 1. The van der Waals surface area contributed by atoms with Crippen LogP contribution in [0.2, 0.25) is 0 Å². The van der Waals surface area contributed by atoms with Crippen LogP contribution in [0.25, 0.3) is 0 Å².